The molecule has 2 heterocycles. The quantitative estimate of drug-likeness (QED) is 0.717. The highest BCUT2D eigenvalue weighted by Gasteiger charge is 2.33. The van der Waals surface area contributed by atoms with Crippen LogP contribution in [0.1, 0.15) is 25.0 Å². The van der Waals surface area contributed by atoms with E-state index in [1.54, 1.807) is 6.26 Å². The van der Waals surface area contributed by atoms with Crippen molar-refractivity contribution >= 4 is 0 Å². The van der Waals surface area contributed by atoms with Crippen LogP contribution >= 0.6 is 0 Å². The summed E-state index contributed by atoms with van der Waals surface area (Å²) in [5.41, 5.74) is 0. The molecular formula is C16H26N2O3. The van der Waals surface area contributed by atoms with Gasteiger partial charge in [-0.05, 0) is 50.4 Å². The summed E-state index contributed by atoms with van der Waals surface area (Å²) in [5, 5.41) is 13.2. The highest BCUT2D eigenvalue weighted by atomic mass is 16.5. The van der Waals surface area contributed by atoms with E-state index in [9.17, 15) is 5.11 Å². The number of likely N-dealkylation sites (tertiary alicyclic amines) is 1. The first-order chi connectivity index (χ1) is 10.3. The van der Waals surface area contributed by atoms with E-state index in [4.69, 9.17) is 9.15 Å². The number of aliphatic hydroxyl groups is 1. The molecular weight excluding hydrogens is 268 g/mol. The van der Waals surface area contributed by atoms with E-state index in [1.807, 2.05) is 12.1 Å². The topological polar surface area (TPSA) is 57.9 Å². The van der Waals surface area contributed by atoms with Gasteiger partial charge in [0.25, 0.3) is 0 Å². The van der Waals surface area contributed by atoms with Crippen molar-refractivity contribution in [2.24, 2.45) is 5.92 Å². The van der Waals surface area contributed by atoms with Crippen LogP contribution in [-0.2, 0) is 11.3 Å². The maximum absolute atomic E-state index is 9.87. The molecule has 3 rings (SSSR count). The zero-order valence-corrected chi connectivity index (χ0v) is 12.5. The maximum Gasteiger partial charge on any atom is 0.129 e. The normalized spacial score (nSPS) is 24.5. The summed E-state index contributed by atoms with van der Waals surface area (Å²) in [6.07, 6.45) is 5.25. The third-order valence-electron chi connectivity index (χ3n) is 4.33. The maximum atomic E-state index is 9.87. The van der Waals surface area contributed by atoms with Crippen LogP contribution in [0.5, 0.6) is 0 Å². The van der Waals surface area contributed by atoms with Crippen molar-refractivity contribution in [1.29, 1.82) is 0 Å². The second-order valence-electron chi connectivity index (χ2n) is 6.29. The minimum Gasteiger partial charge on any atom is -0.467 e. The molecule has 0 bridgehead atoms. The Kier molecular flexibility index (Phi) is 5.30. The van der Waals surface area contributed by atoms with E-state index in [0.29, 0.717) is 19.8 Å². The van der Waals surface area contributed by atoms with Gasteiger partial charge in [-0.25, -0.2) is 0 Å². The second kappa shape index (κ2) is 7.40. The lowest BCUT2D eigenvalue weighted by Crippen LogP contribution is -2.34. The first-order valence-corrected chi connectivity index (χ1v) is 8.04. The smallest absolute Gasteiger partial charge is 0.129 e. The Balaban J connectivity index is 1.22. The molecule has 1 aliphatic carbocycles. The molecule has 2 fully saturated rings. The molecule has 5 nitrogen and oxygen atoms in total. The summed E-state index contributed by atoms with van der Waals surface area (Å²) in [5.74, 6) is 1.53. The molecule has 1 saturated carbocycles. The molecule has 21 heavy (non-hydrogen) atoms. The molecule has 1 aliphatic heterocycles. The Labute approximate surface area is 126 Å². The van der Waals surface area contributed by atoms with Gasteiger partial charge in [-0.2, -0.15) is 0 Å². The van der Waals surface area contributed by atoms with Crippen LogP contribution in [-0.4, -0.2) is 54.9 Å². The first-order valence-electron chi connectivity index (χ1n) is 8.04. The summed E-state index contributed by atoms with van der Waals surface area (Å²) in [4.78, 5) is 2.62. The van der Waals surface area contributed by atoms with Gasteiger partial charge in [0.05, 0.1) is 19.0 Å². The highest BCUT2D eigenvalue weighted by molar-refractivity contribution is 4.96. The lowest BCUT2D eigenvalue weighted by molar-refractivity contribution is 0.0224. The lowest BCUT2D eigenvalue weighted by Gasteiger charge is -2.16. The predicted octanol–water partition coefficient (Wildman–Crippen LogP) is 1.23. The van der Waals surface area contributed by atoms with E-state index in [0.717, 1.165) is 24.3 Å². The zero-order chi connectivity index (χ0) is 14.5. The lowest BCUT2D eigenvalue weighted by atomic mass is 10.1. The molecule has 1 aromatic heterocycles. The fourth-order valence-electron chi connectivity index (χ4n) is 3.00. The molecule has 1 saturated heterocycles. The largest absolute Gasteiger partial charge is 0.467 e. The number of nitrogens with one attached hydrogen (secondary N) is 1. The monoisotopic (exact) mass is 294 g/mol. The third-order valence-corrected chi connectivity index (χ3v) is 4.33. The van der Waals surface area contributed by atoms with Crippen molar-refractivity contribution in [3.05, 3.63) is 24.2 Å². The van der Waals surface area contributed by atoms with Crippen LogP contribution in [0.25, 0.3) is 0 Å². The standard InChI is InChI=1S/C16H26N2O3/c19-15(11-20-12-16-2-1-7-21-16)9-17-8-13-5-6-18(10-13)14-3-4-14/h1-2,7,13-15,17,19H,3-6,8-12H2. The molecule has 0 amide bonds. The van der Waals surface area contributed by atoms with E-state index < -0.39 is 6.10 Å². The highest BCUT2D eigenvalue weighted by Crippen LogP contribution is 2.31. The number of aliphatic hydroxyl groups excluding tert-OH is 1. The van der Waals surface area contributed by atoms with Crippen LogP contribution in [0, 0.1) is 5.92 Å². The summed E-state index contributed by atoms with van der Waals surface area (Å²) in [7, 11) is 0. The van der Waals surface area contributed by atoms with E-state index in [1.165, 1.54) is 32.4 Å². The number of rotatable bonds is 9. The van der Waals surface area contributed by atoms with Crippen molar-refractivity contribution < 1.29 is 14.3 Å². The van der Waals surface area contributed by atoms with Gasteiger partial charge in [-0.15, -0.1) is 0 Å². The molecule has 118 valence electrons. The van der Waals surface area contributed by atoms with Crippen molar-refractivity contribution in [2.45, 2.75) is 38.0 Å². The van der Waals surface area contributed by atoms with Crippen molar-refractivity contribution in [3.63, 3.8) is 0 Å². The number of hydrogen-bond acceptors (Lipinski definition) is 5. The van der Waals surface area contributed by atoms with Gasteiger partial charge in [0.1, 0.15) is 12.4 Å². The summed E-state index contributed by atoms with van der Waals surface area (Å²) >= 11 is 0. The summed E-state index contributed by atoms with van der Waals surface area (Å²) in [6, 6.07) is 4.59. The summed E-state index contributed by atoms with van der Waals surface area (Å²) < 4.78 is 10.6. The fraction of sp³-hybridized carbons (Fsp3) is 0.750. The van der Waals surface area contributed by atoms with Crippen LogP contribution in [0.4, 0.5) is 0 Å². The number of ether oxygens (including phenoxy) is 1. The van der Waals surface area contributed by atoms with Crippen molar-refractivity contribution in [2.75, 3.05) is 32.8 Å². The number of furan rings is 1. The van der Waals surface area contributed by atoms with Crippen molar-refractivity contribution in [1.82, 2.24) is 10.2 Å². The Hall–Kier alpha value is -0.880. The van der Waals surface area contributed by atoms with E-state index in [-0.39, 0.29) is 0 Å². The molecule has 1 aromatic rings. The average Bonchev–Trinajstić information content (AvgIpc) is 3.00. The third kappa shape index (κ3) is 4.81. The second-order valence-corrected chi connectivity index (χ2v) is 6.29. The van der Waals surface area contributed by atoms with Crippen LogP contribution in [0.2, 0.25) is 0 Å². The predicted molar refractivity (Wildman–Crippen MR) is 79.9 cm³/mol. The molecule has 2 atom stereocenters. The van der Waals surface area contributed by atoms with Gasteiger partial charge in [-0.1, -0.05) is 0 Å². The molecule has 2 N–H and O–H groups in total. The van der Waals surface area contributed by atoms with Gasteiger partial charge in [-0.3, -0.25) is 0 Å². The SMILES string of the molecule is OC(CNCC1CCN(C2CC2)C1)COCc1ccco1. The van der Waals surface area contributed by atoms with Crippen LogP contribution < -0.4 is 5.32 Å². The minimum absolute atomic E-state index is 0.340. The molecule has 0 spiro atoms. The Bertz CT molecular complexity index is 406. The Morgan fingerprint density at radius 3 is 3.10 bits per heavy atom. The fourth-order valence-corrected chi connectivity index (χ4v) is 3.00. The minimum atomic E-state index is -0.457. The zero-order valence-electron chi connectivity index (χ0n) is 12.5. The Morgan fingerprint density at radius 2 is 2.33 bits per heavy atom. The molecule has 2 aliphatic rings. The van der Waals surface area contributed by atoms with Gasteiger partial charge < -0.3 is 24.5 Å². The molecule has 5 heteroatoms. The first kappa shape index (κ1) is 15.0. The van der Waals surface area contributed by atoms with Gasteiger partial charge >= 0.3 is 0 Å². The molecule has 0 radical (unpaired) electrons. The number of nitrogens with zero attached hydrogens (tertiary/aromatic N) is 1. The van der Waals surface area contributed by atoms with Crippen molar-refractivity contribution in [3.8, 4) is 0 Å². The van der Waals surface area contributed by atoms with Gasteiger partial charge in [0.2, 0.25) is 0 Å². The Morgan fingerprint density at radius 1 is 1.43 bits per heavy atom. The average molecular weight is 294 g/mol. The van der Waals surface area contributed by atoms with E-state index >= 15 is 0 Å². The van der Waals surface area contributed by atoms with Crippen LogP contribution in [0.3, 0.4) is 0 Å². The molecule has 0 aromatic carbocycles. The molecule has 2 unspecified atom stereocenters. The van der Waals surface area contributed by atoms with E-state index in [2.05, 4.69) is 10.2 Å². The van der Waals surface area contributed by atoms with Gasteiger partial charge in [0, 0.05) is 19.1 Å². The number of hydrogen-bond donors (Lipinski definition) is 2. The van der Waals surface area contributed by atoms with Crippen LogP contribution in [0.15, 0.2) is 22.8 Å². The van der Waals surface area contributed by atoms with Gasteiger partial charge in [0.15, 0.2) is 0 Å². The summed E-state index contributed by atoms with van der Waals surface area (Å²) in [6.45, 7) is 4.83.